The number of thioether (sulfide) groups is 1. The minimum Gasteiger partial charge on any atom is -0.493 e. The predicted molar refractivity (Wildman–Crippen MR) is 87.2 cm³/mol. The first kappa shape index (κ1) is 17.2. The molecule has 0 fully saturated rings. The number of rotatable bonds is 10. The Morgan fingerprint density at radius 1 is 1.05 bits per heavy atom. The Labute approximate surface area is 127 Å². The fraction of sp³-hybridized carbons (Fsp3) is 0.625. The topological polar surface area (TPSA) is 30.5 Å². The highest BCUT2D eigenvalue weighted by molar-refractivity contribution is 7.98. The van der Waals surface area contributed by atoms with Crippen LogP contribution in [0.2, 0.25) is 0 Å². The van der Waals surface area contributed by atoms with Crippen molar-refractivity contribution in [1.82, 2.24) is 5.32 Å². The lowest BCUT2D eigenvalue weighted by molar-refractivity contribution is 0.353. The monoisotopic (exact) mass is 297 g/mol. The van der Waals surface area contributed by atoms with E-state index < -0.39 is 0 Å². The number of nitrogens with one attached hydrogen (secondary N) is 1. The minimum atomic E-state index is 0.795. The molecule has 1 N–H and O–H groups in total. The van der Waals surface area contributed by atoms with Gasteiger partial charge in [0, 0.05) is 11.4 Å². The SMILES string of the molecule is CCCCCCNCc1cc(OC)c(OC)cc1SC. The maximum atomic E-state index is 5.37. The van der Waals surface area contributed by atoms with Crippen molar-refractivity contribution in [3.63, 3.8) is 0 Å². The third kappa shape index (κ3) is 5.25. The van der Waals surface area contributed by atoms with Crippen molar-refractivity contribution in [1.29, 1.82) is 0 Å². The Balaban J connectivity index is 2.59. The van der Waals surface area contributed by atoms with Gasteiger partial charge in [0.15, 0.2) is 11.5 Å². The van der Waals surface area contributed by atoms with Crippen molar-refractivity contribution in [3.8, 4) is 11.5 Å². The van der Waals surface area contributed by atoms with Gasteiger partial charge in [-0.2, -0.15) is 0 Å². The van der Waals surface area contributed by atoms with Crippen LogP contribution in [0.25, 0.3) is 0 Å². The molecular weight excluding hydrogens is 270 g/mol. The molecule has 0 bridgehead atoms. The molecule has 114 valence electrons. The quantitative estimate of drug-likeness (QED) is 0.520. The third-order valence-electron chi connectivity index (χ3n) is 3.31. The summed E-state index contributed by atoms with van der Waals surface area (Å²) in [7, 11) is 3.35. The van der Waals surface area contributed by atoms with Crippen LogP contribution in [0.4, 0.5) is 0 Å². The number of methoxy groups -OCH3 is 2. The van der Waals surface area contributed by atoms with Crippen molar-refractivity contribution in [2.24, 2.45) is 0 Å². The summed E-state index contributed by atoms with van der Waals surface area (Å²) in [4.78, 5) is 1.24. The molecule has 1 rings (SSSR count). The van der Waals surface area contributed by atoms with Gasteiger partial charge in [-0.15, -0.1) is 11.8 Å². The van der Waals surface area contributed by atoms with E-state index in [1.54, 1.807) is 26.0 Å². The fourth-order valence-electron chi connectivity index (χ4n) is 2.13. The summed E-state index contributed by atoms with van der Waals surface area (Å²) in [6.45, 7) is 4.19. The van der Waals surface area contributed by atoms with E-state index in [-0.39, 0.29) is 0 Å². The molecule has 0 radical (unpaired) electrons. The second kappa shape index (κ2) is 9.94. The van der Waals surface area contributed by atoms with Crippen LogP contribution in [0.1, 0.15) is 38.2 Å². The first-order chi connectivity index (χ1) is 9.76. The second-order valence-corrected chi connectivity index (χ2v) is 5.60. The van der Waals surface area contributed by atoms with E-state index in [2.05, 4.69) is 30.6 Å². The Morgan fingerprint density at radius 3 is 2.35 bits per heavy atom. The largest absolute Gasteiger partial charge is 0.493 e. The van der Waals surface area contributed by atoms with Gasteiger partial charge in [0.1, 0.15) is 0 Å². The standard InChI is InChI=1S/C16H27NO2S/c1-5-6-7-8-9-17-12-13-10-14(18-2)15(19-3)11-16(13)20-4/h10-11,17H,5-9,12H2,1-4H3. The number of benzene rings is 1. The summed E-state index contributed by atoms with van der Waals surface area (Å²) < 4.78 is 10.7. The highest BCUT2D eigenvalue weighted by Gasteiger charge is 2.10. The smallest absolute Gasteiger partial charge is 0.161 e. The molecule has 4 heteroatoms. The Morgan fingerprint density at radius 2 is 1.75 bits per heavy atom. The van der Waals surface area contributed by atoms with Crippen LogP contribution in [-0.4, -0.2) is 27.0 Å². The molecule has 0 atom stereocenters. The summed E-state index contributed by atoms with van der Waals surface area (Å²) >= 11 is 1.74. The van der Waals surface area contributed by atoms with Gasteiger partial charge in [0.25, 0.3) is 0 Å². The molecule has 0 aliphatic rings. The van der Waals surface area contributed by atoms with Gasteiger partial charge < -0.3 is 14.8 Å². The van der Waals surface area contributed by atoms with Gasteiger partial charge in [0.05, 0.1) is 14.2 Å². The first-order valence-electron chi connectivity index (χ1n) is 7.26. The first-order valence-corrected chi connectivity index (χ1v) is 8.48. The number of hydrogen-bond donors (Lipinski definition) is 1. The van der Waals surface area contributed by atoms with Crippen molar-refractivity contribution in [3.05, 3.63) is 17.7 Å². The highest BCUT2D eigenvalue weighted by atomic mass is 32.2. The number of ether oxygens (including phenoxy) is 2. The van der Waals surface area contributed by atoms with E-state index in [4.69, 9.17) is 9.47 Å². The molecule has 0 spiro atoms. The zero-order valence-electron chi connectivity index (χ0n) is 13.1. The van der Waals surface area contributed by atoms with Gasteiger partial charge in [-0.3, -0.25) is 0 Å². The van der Waals surface area contributed by atoms with Gasteiger partial charge >= 0.3 is 0 Å². The maximum Gasteiger partial charge on any atom is 0.161 e. The fourth-order valence-corrected chi connectivity index (χ4v) is 2.75. The molecule has 0 heterocycles. The van der Waals surface area contributed by atoms with Crippen LogP contribution < -0.4 is 14.8 Å². The van der Waals surface area contributed by atoms with Crippen molar-refractivity contribution in [2.45, 2.75) is 44.0 Å². The third-order valence-corrected chi connectivity index (χ3v) is 4.13. The molecule has 0 amide bonds. The molecule has 20 heavy (non-hydrogen) atoms. The molecule has 0 saturated carbocycles. The molecule has 0 saturated heterocycles. The van der Waals surface area contributed by atoms with E-state index in [0.717, 1.165) is 24.6 Å². The molecule has 0 aromatic heterocycles. The van der Waals surface area contributed by atoms with Crippen LogP contribution in [0.15, 0.2) is 17.0 Å². The van der Waals surface area contributed by atoms with Crippen LogP contribution in [-0.2, 0) is 6.54 Å². The summed E-state index contributed by atoms with van der Waals surface area (Å²) in [5.41, 5.74) is 1.27. The number of hydrogen-bond acceptors (Lipinski definition) is 4. The maximum absolute atomic E-state index is 5.37. The van der Waals surface area contributed by atoms with Gasteiger partial charge in [0.2, 0.25) is 0 Å². The second-order valence-electron chi connectivity index (χ2n) is 4.76. The van der Waals surface area contributed by atoms with Crippen LogP contribution in [0, 0.1) is 0 Å². The minimum absolute atomic E-state index is 0.795. The molecule has 1 aromatic rings. The van der Waals surface area contributed by atoms with E-state index in [0.29, 0.717) is 0 Å². The Hall–Kier alpha value is -0.870. The van der Waals surface area contributed by atoms with Crippen molar-refractivity contribution in [2.75, 3.05) is 27.0 Å². The van der Waals surface area contributed by atoms with E-state index in [1.165, 1.54) is 36.1 Å². The van der Waals surface area contributed by atoms with E-state index >= 15 is 0 Å². The average Bonchev–Trinajstić information content (AvgIpc) is 2.49. The lowest BCUT2D eigenvalue weighted by atomic mass is 10.2. The molecule has 3 nitrogen and oxygen atoms in total. The summed E-state index contributed by atoms with van der Waals surface area (Å²) in [5, 5.41) is 3.51. The summed E-state index contributed by atoms with van der Waals surface area (Å²) in [5.74, 6) is 1.59. The van der Waals surface area contributed by atoms with Crippen molar-refractivity contribution >= 4 is 11.8 Å². The van der Waals surface area contributed by atoms with Gasteiger partial charge in [-0.1, -0.05) is 26.2 Å². The highest BCUT2D eigenvalue weighted by Crippen LogP contribution is 2.34. The Bertz CT molecular complexity index is 396. The van der Waals surface area contributed by atoms with Crippen molar-refractivity contribution < 1.29 is 9.47 Å². The van der Waals surface area contributed by atoms with Crippen LogP contribution in [0.5, 0.6) is 11.5 Å². The summed E-state index contributed by atoms with van der Waals surface area (Å²) in [6.07, 6.45) is 7.26. The summed E-state index contributed by atoms with van der Waals surface area (Å²) in [6, 6.07) is 4.13. The lowest BCUT2D eigenvalue weighted by Crippen LogP contribution is -2.15. The van der Waals surface area contributed by atoms with Crippen LogP contribution >= 0.6 is 11.8 Å². The van der Waals surface area contributed by atoms with Gasteiger partial charge in [-0.05, 0) is 36.9 Å². The zero-order chi connectivity index (χ0) is 14.8. The molecule has 0 unspecified atom stereocenters. The van der Waals surface area contributed by atoms with Crippen LogP contribution in [0.3, 0.4) is 0 Å². The lowest BCUT2D eigenvalue weighted by Gasteiger charge is -2.14. The number of unbranched alkanes of at least 4 members (excludes halogenated alkanes) is 3. The van der Waals surface area contributed by atoms with E-state index in [1.807, 2.05) is 0 Å². The average molecular weight is 297 g/mol. The molecular formula is C16H27NO2S. The zero-order valence-corrected chi connectivity index (χ0v) is 13.9. The Kier molecular flexibility index (Phi) is 8.54. The normalized spacial score (nSPS) is 10.6. The predicted octanol–water partition coefficient (Wildman–Crippen LogP) is 4.10. The van der Waals surface area contributed by atoms with E-state index in [9.17, 15) is 0 Å². The van der Waals surface area contributed by atoms with Gasteiger partial charge in [-0.25, -0.2) is 0 Å². The molecule has 0 aliphatic heterocycles. The molecule has 0 aliphatic carbocycles. The molecule has 1 aromatic carbocycles.